The smallest absolute Gasteiger partial charge is 0.127 e. The highest BCUT2D eigenvalue weighted by Gasteiger charge is 2.13. The van der Waals surface area contributed by atoms with E-state index in [1.54, 1.807) is 36.4 Å². The quantitative estimate of drug-likeness (QED) is 0.761. The van der Waals surface area contributed by atoms with E-state index in [1.807, 2.05) is 6.07 Å². The fourth-order valence-electron chi connectivity index (χ4n) is 1.88. The van der Waals surface area contributed by atoms with Gasteiger partial charge in [0.05, 0.1) is 0 Å². The molecule has 92 valence electrons. The van der Waals surface area contributed by atoms with Crippen LogP contribution in [0.2, 0.25) is 5.02 Å². The first-order chi connectivity index (χ1) is 8.70. The molecule has 0 heterocycles. The Labute approximate surface area is 110 Å². The average molecular weight is 263 g/mol. The third-order valence-electron chi connectivity index (χ3n) is 2.84. The van der Waals surface area contributed by atoms with Gasteiger partial charge in [-0.3, -0.25) is 0 Å². The van der Waals surface area contributed by atoms with Gasteiger partial charge in [-0.25, -0.2) is 4.39 Å². The molecule has 0 aliphatic carbocycles. The summed E-state index contributed by atoms with van der Waals surface area (Å²) in [5, 5.41) is 0.577. The van der Waals surface area contributed by atoms with Crippen LogP contribution in [0.15, 0.2) is 48.5 Å². The number of benzene rings is 2. The molecule has 18 heavy (non-hydrogen) atoms. The second kappa shape index (κ2) is 5.78. The average Bonchev–Trinajstić information content (AvgIpc) is 2.38. The van der Waals surface area contributed by atoms with Crippen LogP contribution >= 0.6 is 11.6 Å². The van der Waals surface area contributed by atoms with Crippen molar-refractivity contribution >= 4 is 17.9 Å². The van der Waals surface area contributed by atoms with Crippen LogP contribution in [0.25, 0.3) is 0 Å². The fraction of sp³-hybridized carbons (Fsp3) is 0.133. The molecule has 0 aliphatic heterocycles. The van der Waals surface area contributed by atoms with Gasteiger partial charge in [0.1, 0.15) is 12.1 Å². The van der Waals surface area contributed by atoms with Crippen LogP contribution in [0.1, 0.15) is 17.0 Å². The summed E-state index contributed by atoms with van der Waals surface area (Å²) in [7, 11) is 0. The van der Waals surface area contributed by atoms with Gasteiger partial charge in [-0.1, -0.05) is 41.9 Å². The SMILES string of the molecule is O=CC(Cc1ccccc1F)c1cccc(Cl)c1. The molecule has 0 bridgehead atoms. The predicted octanol–water partition coefficient (Wildman–Crippen LogP) is 4.00. The first-order valence-corrected chi connectivity index (χ1v) is 6.02. The normalized spacial score (nSPS) is 12.1. The maximum Gasteiger partial charge on any atom is 0.127 e. The number of aldehydes is 1. The molecular formula is C15H12ClFO. The minimum atomic E-state index is -0.374. The van der Waals surface area contributed by atoms with Crippen molar-refractivity contribution in [2.45, 2.75) is 12.3 Å². The molecule has 2 aromatic rings. The number of hydrogen-bond donors (Lipinski definition) is 0. The van der Waals surface area contributed by atoms with Gasteiger partial charge in [0.2, 0.25) is 0 Å². The molecule has 0 fully saturated rings. The predicted molar refractivity (Wildman–Crippen MR) is 70.4 cm³/mol. The molecule has 0 saturated heterocycles. The Morgan fingerprint density at radius 1 is 1.17 bits per heavy atom. The summed E-state index contributed by atoms with van der Waals surface area (Å²) in [6, 6.07) is 13.6. The van der Waals surface area contributed by atoms with Crippen molar-refractivity contribution in [1.82, 2.24) is 0 Å². The van der Waals surface area contributed by atoms with Gasteiger partial charge in [0.25, 0.3) is 0 Å². The standard InChI is InChI=1S/C15H12ClFO/c16-14-6-3-5-11(9-14)13(10-18)8-12-4-1-2-7-15(12)17/h1-7,9-10,13H,8H2. The third-order valence-corrected chi connectivity index (χ3v) is 3.07. The number of carbonyl (C=O) groups excluding carboxylic acids is 1. The molecule has 2 aromatic carbocycles. The van der Waals surface area contributed by atoms with E-state index in [4.69, 9.17) is 11.6 Å². The zero-order valence-corrected chi connectivity index (χ0v) is 10.4. The van der Waals surface area contributed by atoms with E-state index in [1.165, 1.54) is 6.07 Å². The molecule has 0 saturated carbocycles. The van der Waals surface area contributed by atoms with E-state index in [9.17, 15) is 9.18 Å². The van der Waals surface area contributed by atoms with Gasteiger partial charge in [-0.2, -0.15) is 0 Å². The summed E-state index contributed by atoms with van der Waals surface area (Å²) in [6.45, 7) is 0. The van der Waals surface area contributed by atoms with Crippen molar-refractivity contribution in [3.05, 3.63) is 70.5 Å². The van der Waals surface area contributed by atoms with Crippen LogP contribution < -0.4 is 0 Å². The molecule has 0 aromatic heterocycles. The van der Waals surface area contributed by atoms with Crippen LogP contribution in [0.4, 0.5) is 4.39 Å². The van der Waals surface area contributed by atoms with Crippen LogP contribution in [0, 0.1) is 5.82 Å². The Hall–Kier alpha value is -1.67. The highest BCUT2D eigenvalue weighted by atomic mass is 35.5. The Kier molecular flexibility index (Phi) is 4.11. The van der Waals surface area contributed by atoms with Gasteiger partial charge >= 0.3 is 0 Å². The number of carbonyl (C=O) groups is 1. The summed E-state index contributed by atoms with van der Waals surface area (Å²) >= 11 is 5.89. The Bertz CT molecular complexity index is 554. The summed E-state index contributed by atoms with van der Waals surface area (Å²) in [4.78, 5) is 11.2. The maximum absolute atomic E-state index is 13.5. The van der Waals surface area contributed by atoms with Gasteiger partial charge in [-0.15, -0.1) is 0 Å². The number of rotatable bonds is 4. The Morgan fingerprint density at radius 2 is 1.94 bits per heavy atom. The molecule has 1 nitrogen and oxygen atoms in total. The van der Waals surface area contributed by atoms with Crippen LogP contribution in [-0.4, -0.2) is 6.29 Å². The van der Waals surface area contributed by atoms with Crippen molar-refractivity contribution < 1.29 is 9.18 Å². The summed E-state index contributed by atoms with van der Waals surface area (Å²) in [6.07, 6.45) is 1.18. The lowest BCUT2D eigenvalue weighted by Gasteiger charge is -2.11. The highest BCUT2D eigenvalue weighted by Crippen LogP contribution is 2.23. The van der Waals surface area contributed by atoms with Crippen molar-refractivity contribution in [2.75, 3.05) is 0 Å². The minimum Gasteiger partial charge on any atom is -0.303 e. The third kappa shape index (κ3) is 2.96. The molecule has 0 N–H and O–H groups in total. The van der Waals surface area contributed by atoms with Crippen molar-refractivity contribution in [3.63, 3.8) is 0 Å². The minimum absolute atomic E-state index is 0.286. The lowest BCUT2D eigenvalue weighted by molar-refractivity contribution is -0.109. The Balaban J connectivity index is 2.25. The summed E-state index contributed by atoms with van der Waals surface area (Å²) < 4.78 is 13.5. The van der Waals surface area contributed by atoms with Crippen LogP contribution in [0.3, 0.4) is 0 Å². The highest BCUT2D eigenvalue weighted by molar-refractivity contribution is 6.30. The van der Waals surface area contributed by atoms with E-state index < -0.39 is 0 Å². The lowest BCUT2D eigenvalue weighted by atomic mass is 9.93. The molecule has 2 rings (SSSR count). The number of hydrogen-bond acceptors (Lipinski definition) is 1. The maximum atomic E-state index is 13.5. The lowest BCUT2D eigenvalue weighted by Crippen LogP contribution is -2.05. The molecule has 1 atom stereocenters. The summed E-state index contributed by atoms with van der Waals surface area (Å²) in [5.41, 5.74) is 1.34. The number of halogens is 2. The first-order valence-electron chi connectivity index (χ1n) is 5.65. The van der Waals surface area contributed by atoms with Crippen LogP contribution in [0.5, 0.6) is 0 Å². The zero-order valence-electron chi connectivity index (χ0n) is 9.64. The van der Waals surface area contributed by atoms with E-state index >= 15 is 0 Å². The largest absolute Gasteiger partial charge is 0.303 e. The molecule has 1 unspecified atom stereocenters. The van der Waals surface area contributed by atoms with Gasteiger partial charge in [0.15, 0.2) is 0 Å². The van der Waals surface area contributed by atoms with E-state index in [-0.39, 0.29) is 11.7 Å². The van der Waals surface area contributed by atoms with Gasteiger partial charge < -0.3 is 4.79 Å². The van der Waals surface area contributed by atoms with Crippen molar-refractivity contribution in [2.24, 2.45) is 0 Å². The van der Waals surface area contributed by atoms with E-state index in [2.05, 4.69) is 0 Å². The van der Waals surface area contributed by atoms with Gasteiger partial charge in [0, 0.05) is 10.9 Å². The van der Waals surface area contributed by atoms with E-state index in [0.717, 1.165) is 11.8 Å². The second-order valence-corrected chi connectivity index (χ2v) is 4.53. The molecule has 3 heteroatoms. The summed E-state index contributed by atoms with van der Waals surface area (Å²) in [5.74, 6) is -0.660. The topological polar surface area (TPSA) is 17.1 Å². The molecule has 0 amide bonds. The fourth-order valence-corrected chi connectivity index (χ4v) is 2.08. The molecular weight excluding hydrogens is 251 g/mol. The molecule has 0 aliphatic rings. The van der Waals surface area contributed by atoms with Crippen molar-refractivity contribution in [3.8, 4) is 0 Å². The molecule has 0 radical (unpaired) electrons. The van der Waals surface area contributed by atoms with Crippen LogP contribution in [-0.2, 0) is 11.2 Å². The monoisotopic (exact) mass is 262 g/mol. The second-order valence-electron chi connectivity index (χ2n) is 4.09. The van der Waals surface area contributed by atoms with Crippen molar-refractivity contribution in [1.29, 1.82) is 0 Å². The molecule has 0 spiro atoms. The Morgan fingerprint density at radius 3 is 2.61 bits per heavy atom. The first kappa shape index (κ1) is 12.8. The van der Waals surface area contributed by atoms with Gasteiger partial charge in [-0.05, 0) is 35.7 Å². The zero-order chi connectivity index (χ0) is 13.0. The van der Waals surface area contributed by atoms with E-state index in [0.29, 0.717) is 17.0 Å².